The number of hydrogen-bond donors (Lipinski definition) is 2. The van der Waals surface area contributed by atoms with Gasteiger partial charge in [-0.15, -0.1) is 0 Å². The van der Waals surface area contributed by atoms with Crippen molar-refractivity contribution in [2.45, 2.75) is 6.92 Å². The second-order valence-corrected chi connectivity index (χ2v) is 6.21. The van der Waals surface area contributed by atoms with Crippen LogP contribution in [0.4, 0.5) is 17.1 Å². The molecule has 3 rings (SSSR count). The number of benzene rings is 2. The number of methoxy groups -OCH3 is 2. The quantitative estimate of drug-likeness (QED) is 0.584. The third kappa shape index (κ3) is 4.90. The van der Waals surface area contributed by atoms with E-state index in [1.165, 1.54) is 6.92 Å². The van der Waals surface area contributed by atoms with Crippen LogP contribution in [0.5, 0.6) is 11.5 Å². The summed E-state index contributed by atoms with van der Waals surface area (Å²) in [6, 6.07) is 15.5. The van der Waals surface area contributed by atoms with E-state index < -0.39 is 0 Å². The molecule has 0 aliphatic rings. The minimum Gasteiger partial charge on any atom is -0.497 e. The zero-order chi connectivity index (χ0) is 20.8. The van der Waals surface area contributed by atoms with Crippen LogP contribution in [0.1, 0.15) is 27.8 Å². The van der Waals surface area contributed by atoms with Crippen LogP contribution >= 0.6 is 0 Å². The Bertz CT molecular complexity index is 1020. The Kier molecular flexibility index (Phi) is 6.09. The molecule has 7 nitrogen and oxygen atoms in total. The van der Waals surface area contributed by atoms with Gasteiger partial charge in [0.1, 0.15) is 17.2 Å². The van der Waals surface area contributed by atoms with E-state index in [4.69, 9.17) is 9.47 Å². The molecule has 0 fully saturated rings. The van der Waals surface area contributed by atoms with Crippen LogP contribution in [0, 0.1) is 0 Å². The molecule has 1 amide bonds. The van der Waals surface area contributed by atoms with E-state index >= 15 is 0 Å². The summed E-state index contributed by atoms with van der Waals surface area (Å²) < 4.78 is 10.6. The highest BCUT2D eigenvalue weighted by Gasteiger charge is 2.10. The van der Waals surface area contributed by atoms with E-state index in [-0.39, 0.29) is 17.4 Å². The van der Waals surface area contributed by atoms with Gasteiger partial charge in [-0.3, -0.25) is 9.59 Å². The Hall–Kier alpha value is -3.87. The molecule has 0 aliphatic carbocycles. The van der Waals surface area contributed by atoms with Gasteiger partial charge in [-0.1, -0.05) is 0 Å². The molecule has 3 aromatic rings. The van der Waals surface area contributed by atoms with E-state index in [1.807, 2.05) is 6.07 Å². The van der Waals surface area contributed by atoms with Gasteiger partial charge in [-0.25, -0.2) is 4.98 Å². The molecule has 7 heteroatoms. The number of nitrogens with one attached hydrogen (secondary N) is 2. The van der Waals surface area contributed by atoms with Crippen molar-refractivity contribution in [1.82, 2.24) is 4.98 Å². The van der Waals surface area contributed by atoms with Crippen LogP contribution in [0.2, 0.25) is 0 Å². The molecular formula is C22H21N3O4. The third-order valence-corrected chi connectivity index (χ3v) is 4.23. The molecule has 0 saturated heterocycles. The van der Waals surface area contributed by atoms with Crippen LogP contribution < -0.4 is 20.1 Å². The summed E-state index contributed by atoms with van der Waals surface area (Å²) in [5.41, 5.74) is 2.86. The number of anilines is 3. The molecule has 0 atom stereocenters. The maximum absolute atomic E-state index is 12.4. The Morgan fingerprint density at radius 1 is 0.897 bits per heavy atom. The molecule has 1 aromatic heterocycles. The number of amides is 1. The van der Waals surface area contributed by atoms with Crippen LogP contribution in [-0.4, -0.2) is 30.9 Å². The third-order valence-electron chi connectivity index (χ3n) is 4.23. The maximum Gasteiger partial charge on any atom is 0.274 e. The smallest absolute Gasteiger partial charge is 0.274 e. The first-order valence-corrected chi connectivity index (χ1v) is 8.87. The number of hydrogen-bond acceptors (Lipinski definition) is 6. The van der Waals surface area contributed by atoms with Crippen LogP contribution in [0.25, 0.3) is 0 Å². The molecule has 29 heavy (non-hydrogen) atoms. The van der Waals surface area contributed by atoms with Crippen molar-refractivity contribution in [2.75, 3.05) is 24.9 Å². The molecular weight excluding hydrogens is 370 g/mol. The summed E-state index contributed by atoms with van der Waals surface area (Å²) in [5, 5.41) is 5.96. The number of Topliss-reactive ketones (excluding diaryl/α,β-unsaturated/α-hetero) is 1. The van der Waals surface area contributed by atoms with Gasteiger partial charge >= 0.3 is 0 Å². The molecule has 2 N–H and O–H groups in total. The fourth-order valence-electron chi connectivity index (χ4n) is 2.65. The molecule has 148 valence electrons. The van der Waals surface area contributed by atoms with Crippen molar-refractivity contribution in [3.05, 3.63) is 72.1 Å². The predicted molar refractivity (Wildman–Crippen MR) is 111 cm³/mol. The molecule has 0 aliphatic heterocycles. The average molecular weight is 391 g/mol. The van der Waals surface area contributed by atoms with E-state index in [0.29, 0.717) is 28.4 Å². The van der Waals surface area contributed by atoms with Crippen molar-refractivity contribution >= 4 is 28.8 Å². The summed E-state index contributed by atoms with van der Waals surface area (Å²) in [6.07, 6.45) is 1.56. The van der Waals surface area contributed by atoms with Gasteiger partial charge in [-0.05, 0) is 55.5 Å². The zero-order valence-corrected chi connectivity index (χ0v) is 16.4. The number of aromatic nitrogens is 1. The largest absolute Gasteiger partial charge is 0.497 e. The van der Waals surface area contributed by atoms with Crippen molar-refractivity contribution in [2.24, 2.45) is 0 Å². The summed E-state index contributed by atoms with van der Waals surface area (Å²) in [6.45, 7) is 1.49. The molecule has 1 heterocycles. The van der Waals surface area contributed by atoms with Gasteiger partial charge in [-0.2, -0.15) is 0 Å². The highest BCUT2D eigenvalue weighted by molar-refractivity contribution is 6.03. The Morgan fingerprint density at radius 2 is 1.62 bits per heavy atom. The second kappa shape index (κ2) is 8.88. The lowest BCUT2D eigenvalue weighted by Gasteiger charge is -2.12. The molecule has 0 radical (unpaired) electrons. The fourth-order valence-corrected chi connectivity index (χ4v) is 2.65. The summed E-state index contributed by atoms with van der Waals surface area (Å²) in [5.74, 6) is 0.973. The number of carbonyl (C=O) groups excluding carboxylic acids is 2. The minimum atomic E-state index is -0.342. The topological polar surface area (TPSA) is 89.5 Å². The molecule has 0 saturated carbocycles. The lowest BCUT2D eigenvalue weighted by atomic mass is 10.1. The summed E-state index contributed by atoms with van der Waals surface area (Å²) in [7, 11) is 3.18. The van der Waals surface area contributed by atoms with Gasteiger partial charge in [0, 0.05) is 17.3 Å². The van der Waals surface area contributed by atoms with Crippen molar-refractivity contribution in [1.29, 1.82) is 0 Å². The first kappa shape index (κ1) is 19.9. The van der Waals surface area contributed by atoms with Gasteiger partial charge in [0.15, 0.2) is 5.78 Å². The van der Waals surface area contributed by atoms with Crippen molar-refractivity contribution in [3.8, 4) is 11.5 Å². The van der Waals surface area contributed by atoms with Crippen LogP contribution in [-0.2, 0) is 0 Å². The highest BCUT2D eigenvalue weighted by atomic mass is 16.5. The van der Waals surface area contributed by atoms with E-state index in [2.05, 4.69) is 15.6 Å². The van der Waals surface area contributed by atoms with Crippen LogP contribution in [0.3, 0.4) is 0 Å². The minimum absolute atomic E-state index is 0.0275. The van der Waals surface area contributed by atoms with Crippen molar-refractivity contribution in [3.63, 3.8) is 0 Å². The number of nitrogens with zero attached hydrogens (tertiary/aromatic N) is 1. The lowest BCUT2D eigenvalue weighted by molar-refractivity contribution is 0.101. The Balaban J connectivity index is 1.70. The Labute approximate surface area is 168 Å². The number of carbonyl (C=O) groups is 2. The average Bonchev–Trinajstić information content (AvgIpc) is 2.74. The number of ketones is 1. The molecule has 0 spiro atoms. The van der Waals surface area contributed by atoms with Crippen molar-refractivity contribution < 1.29 is 19.1 Å². The predicted octanol–water partition coefficient (Wildman–Crippen LogP) is 4.30. The van der Waals surface area contributed by atoms with Gasteiger partial charge in [0.05, 0.1) is 31.8 Å². The second-order valence-electron chi connectivity index (χ2n) is 6.21. The number of pyridine rings is 1. The first-order chi connectivity index (χ1) is 14.0. The van der Waals surface area contributed by atoms with Gasteiger partial charge in [0.2, 0.25) is 0 Å². The van der Waals surface area contributed by atoms with E-state index in [1.54, 1.807) is 68.9 Å². The standard InChI is InChI=1S/C22H21N3O4/c1-14(26)15-4-6-16(7-5-15)25-22(27)19-10-8-17(13-23-19)24-20-12-18(28-2)9-11-21(20)29-3/h4-13,24H,1-3H3,(H,25,27). The lowest BCUT2D eigenvalue weighted by Crippen LogP contribution is -2.13. The normalized spacial score (nSPS) is 10.2. The number of rotatable bonds is 7. The first-order valence-electron chi connectivity index (χ1n) is 8.87. The number of ether oxygens (including phenoxy) is 2. The molecule has 0 unspecified atom stereocenters. The monoisotopic (exact) mass is 391 g/mol. The maximum atomic E-state index is 12.4. The van der Waals surface area contributed by atoms with Gasteiger partial charge < -0.3 is 20.1 Å². The molecule has 2 aromatic carbocycles. The Morgan fingerprint density at radius 3 is 2.21 bits per heavy atom. The summed E-state index contributed by atoms with van der Waals surface area (Å²) >= 11 is 0. The SMILES string of the molecule is COc1ccc(OC)c(Nc2ccc(C(=O)Nc3ccc(C(C)=O)cc3)nc2)c1. The molecule has 0 bridgehead atoms. The summed E-state index contributed by atoms with van der Waals surface area (Å²) in [4.78, 5) is 27.9. The van der Waals surface area contributed by atoms with Gasteiger partial charge in [0.25, 0.3) is 5.91 Å². The fraction of sp³-hybridized carbons (Fsp3) is 0.136. The highest BCUT2D eigenvalue weighted by Crippen LogP contribution is 2.31. The van der Waals surface area contributed by atoms with E-state index in [0.717, 1.165) is 5.69 Å². The van der Waals surface area contributed by atoms with Crippen LogP contribution in [0.15, 0.2) is 60.8 Å². The van der Waals surface area contributed by atoms with E-state index in [9.17, 15) is 9.59 Å². The zero-order valence-electron chi connectivity index (χ0n) is 16.4.